The lowest BCUT2D eigenvalue weighted by Crippen LogP contribution is -2.03. The summed E-state index contributed by atoms with van der Waals surface area (Å²) in [5, 5.41) is 11.3. The van der Waals surface area contributed by atoms with Gasteiger partial charge in [-0.05, 0) is 19.2 Å². The molecule has 2 aromatic heterocycles. The quantitative estimate of drug-likeness (QED) is 0.805. The third-order valence-electron chi connectivity index (χ3n) is 1.91. The Morgan fingerprint density at radius 3 is 2.75 bits per heavy atom. The zero-order valence-electron chi connectivity index (χ0n) is 9.19. The monoisotopic (exact) mass is 239 g/mol. The molecule has 0 saturated carbocycles. The van der Waals surface area contributed by atoms with Gasteiger partial charge in [0.15, 0.2) is 0 Å². The number of aromatic nitrogens is 2. The van der Waals surface area contributed by atoms with Crippen molar-refractivity contribution in [2.24, 2.45) is 0 Å². The molecule has 0 bridgehead atoms. The van der Waals surface area contributed by atoms with Crippen LogP contribution in [-0.2, 0) is 12.3 Å². The van der Waals surface area contributed by atoms with E-state index in [2.05, 4.69) is 15.5 Å². The van der Waals surface area contributed by atoms with Crippen molar-refractivity contribution in [2.45, 2.75) is 24.4 Å². The van der Waals surface area contributed by atoms with E-state index in [4.69, 9.17) is 8.83 Å². The second-order valence-corrected chi connectivity index (χ2v) is 4.20. The third kappa shape index (κ3) is 2.86. The van der Waals surface area contributed by atoms with Gasteiger partial charge in [0.1, 0.15) is 11.5 Å². The fourth-order valence-corrected chi connectivity index (χ4v) is 1.94. The number of hydrogen-bond acceptors (Lipinski definition) is 6. The summed E-state index contributed by atoms with van der Waals surface area (Å²) in [6.07, 6.45) is 0. The molecule has 0 aliphatic heterocycles. The topological polar surface area (TPSA) is 64.1 Å². The van der Waals surface area contributed by atoms with Crippen molar-refractivity contribution in [1.29, 1.82) is 0 Å². The summed E-state index contributed by atoms with van der Waals surface area (Å²) in [6, 6.07) is 3.92. The first-order valence-corrected chi connectivity index (χ1v) is 5.91. The smallest absolute Gasteiger partial charge is 0.277 e. The predicted octanol–water partition coefficient (Wildman–Crippen LogP) is 1.98. The molecule has 0 atom stereocenters. The summed E-state index contributed by atoms with van der Waals surface area (Å²) in [7, 11) is 1.89. The van der Waals surface area contributed by atoms with E-state index in [1.54, 1.807) is 6.92 Å². The molecule has 6 heteroatoms. The van der Waals surface area contributed by atoms with Crippen molar-refractivity contribution in [3.8, 4) is 0 Å². The molecular weight excluding hydrogens is 226 g/mol. The van der Waals surface area contributed by atoms with Gasteiger partial charge in [-0.1, -0.05) is 11.8 Å². The molecule has 1 N–H and O–H groups in total. The van der Waals surface area contributed by atoms with Crippen molar-refractivity contribution < 1.29 is 8.83 Å². The second kappa shape index (κ2) is 5.18. The van der Waals surface area contributed by atoms with Crippen LogP contribution in [0, 0.1) is 6.92 Å². The summed E-state index contributed by atoms with van der Waals surface area (Å²) < 4.78 is 10.8. The van der Waals surface area contributed by atoms with E-state index in [1.165, 1.54) is 11.8 Å². The molecule has 2 rings (SSSR count). The van der Waals surface area contributed by atoms with Crippen molar-refractivity contribution >= 4 is 11.8 Å². The number of rotatable bonds is 5. The Bertz CT molecular complexity index is 452. The molecule has 0 aliphatic rings. The van der Waals surface area contributed by atoms with Crippen LogP contribution >= 0.6 is 11.8 Å². The van der Waals surface area contributed by atoms with E-state index >= 15 is 0 Å². The van der Waals surface area contributed by atoms with Gasteiger partial charge in [-0.15, -0.1) is 10.2 Å². The van der Waals surface area contributed by atoms with Crippen molar-refractivity contribution in [1.82, 2.24) is 15.5 Å². The van der Waals surface area contributed by atoms with Crippen LogP contribution in [0.5, 0.6) is 0 Å². The first-order valence-electron chi connectivity index (χ1n) is 4.93. The standard InChI is InChI=1S/C10H13N3O2S/c1-7-12-13-10(14-7)16-6-9-4-3-8(15-9)5-11-2/h3-4,11H,5-6H2,1-2H3. The number of hydrogen-bond donors (Lipinski definition) is 1. The summed E-state index contributed by atoms with van der Waals surface area (Å²) in [5.74, 6) is 3.12. The van der Waals surface area contributed by atoms with Crippen molar-refractivity contribution in [2.75, 3.05) is 7.05 Å². The number of aryl methyl sites for hydroxylation is 1. The molecule has 0 aliphatic carbocycles. The Labute approximate surface area is 97.6 Å². The highest BCUT2D eigenvalue weighted by molar-refractivity contribution is 7.98. The lowest BCUT2D eigenvalue weighted by Gasteiger charge is -1.94. The van der Waals surface area contributed by atoms with E-state index in [9.17, 15) is 0 Å². The van der Waals surface area contributed by atoms with Gasteiger partial charge in [0.2, 0.25) is 5.89 Å². The minimum atomic E-state index is 0.573. The van der Waals surface area contributed by atoms with E-state index in [0.717, 1.165) is 18.1 Å². The summed E-state index contributed by atoms with van der Waals surface area (Å²) in [5.41, 5.74) is 0. The van der Waals surface area contributed by atoms with E-state index in [1.807, 2.05) is 19.2 Å². The number of nitrogens with one attached hydrogen (secondary N) is 1. The molecular formula is C10H13N3O2S. The highest BCUT2D eigenvalue weighted by Gasteiger charge is 2.06. The van der Waals surface area contributed by atoms with Crippen LogP contribution in [0.2, 0.25) is 0 Å². The molecule has 0 radical (unpaired) electrons. The van der Waals surface area contributed by atoms with Gasteiger partial charge in [-0.2, -0.15) is 0 Å². The van der Waals surface area contributed by atoms with Gasteiger partial charge in [0, 0.05) is 6.92 Å². The van der Waals surface area contributed by atoms with Crippen LogP contribution in [0.15, 0.2) is 26.2 Å². The Hall–Kier alpha value is -1.27. The molecule has 0 unspecified atom stereocenters. The first-order chi connectivity index (χ1) is 7.78. The number of furan rings is 1. The molecule has 2 heterocycles. The molecule has 0 aromatic carbocycles. The zero-order chi connectivity index (χ0) is 11.4. The maximum Gasteiger partial charge on any atom is 0.277 e. The molecule has 5 nitrogen and oxygen atoms in total. The number of nitrogens with zero attached hydrogens (tertiary/aromatic N) is 2. The lowest BCUT2D eigenvalue weighted by molar-refractivity contribution is 0.427. The summed E-state index contributed by atoms with van der Waals surface area (Å²) >= 11 is 1.47. The van der Waals surface area contributed by atoms with Crippen LogP contribution in [0.25, 0.3) is 0 Å². The van der Waals surface area contributed by atoms with Crippen LogP contribution in [0.4, 0.5) is 0 Å². The van der Waals surface area contributed by atoms with Crippen LogP contribution in [0.3, 0.4) is 0 Å². The average molecular weight is 239 g/mol. The fourth-order valence-electron chi connectivity index (χ4n) is 1.24. The highest BCUT2D eigenvalue weighted by Crippen LogP contribution is 2.22. The second-order valence-electron chi connectivity index (χ2n) is 3.27. The SMILES string of the molecule is CNCc1ccc(CSc2nnc(C)o2)o1. The Morgan fingerprint density at radius 1 is 1.25 bits per heavy atom. The fraction of sp³-hybridized carbons (Fsp3) is 0.400. The van der Waals surface area contributed by atoms with E-state index in [-0.39, 0.29) is 0 Å². The maximum absolute atomic E-state index is 5.58. The predicted molar refractivity (Wildman–Crippen MR) is 60.1 cm³/mol. The largest absolute Gasteiger partial charge is 0.464 e. The highest BCUT2D eigenvalue weighted by atomic mass is 32.2. The van der Waals surface area contributed by atoms with Gasteiger partial charge >= 0.3 is 0 Å². The van der Waals surface area contributed by atoms with Gasteiger partial charge in [-0.25, -0.2) is 0 Å². The molecule has 0 saturated heterocycles. The normalized spacial score (nSPS) is 10.9. The Kier molecular flexibility index (Phi) is 3.63. The van der Waals surface area contributed by atoms with Gasteiger partial charge in [0.05, 0.1) is 12.3 Å². The molecule has 0 spiro atoms. The van der Waals surface area contributed by atoms with E-state index in [0.29, 0.717) is 16.9 Å². The minimum absolute atomic E-state index is 0.573. The number of thioether (sulfide) groups is 1. The van der Waals surface area contributed by atoms with Gasteiger partial charge in [-0.3, -0.25) is 0 Å². The maximum atomic E-state index is 5.58. The molecule has 0 amide bonds. The van der Waals surface area contributed by atoms with Gasteiger partial charge in [0.25, 0.3) is 5.22 Å². The molecule has 86 valence electrons. The molecule has 2 aromatic rings. The average Bonchev–Trinajstić information content (AvgIpc) is 2.85. The molecule has 16 heavy (non-hydrogen) atoms. The van der Waals surface area contributed by atoms with Gasteiger partial charge < -0.3 is 14.2 Å². The minimum Gasteiger partial charge on any atom is -0.464 e. The third-order valence-corrected chi connectivity index (χ3v) is 2.75. The summed E-state index contributed by atoms with van der Waals surface area (Å²) in [6.45, 7) is 2.51. The zero-order valence-corrected chi connectivity index (χ0v) is 10.0. The van der Waals surface area contributed by atoms with Crippen molar-refractivity contribution in [3.63, 3.8) is 0 Å². The Morgan fingerprint density at radius 2 is 2.06 bits per heavy atom. The Balaban J connectivity index is 1.89. The van der Waals surface area contributed by atoms with Crippen LogP contribution in [0.1, 0.15) is 17.4 Å². The van der Waals surface area contributed by atoms with Crippen LogP contribution in [-0.4, -0.2) is 17.2 Å². The van der Waals surface area contributed by atoms with Crippen LogP contribution < -0.4 is 5.32 Å². The first kappa shape index (κ1) is 11.2. The summed E-state index contributed by atoms with van der Waals surface area (Å²) in [4.78, 5) is 0. The lowest BCUT2D eigenvalue weighted by atomic mass is 10.4. The molecule has 0 fully saturated rings. The van der Waals surface area contributed by atoms with Crippen molar-refractivity contribution in [3.05, 3.63) is 29.5 Å². The van der Waals surface area contributed by atoms with E-state index < -0.39 is 0 Å².